The first-order valence-corrected chi connectivity index (χ1v) is 10.9. The number of nitrogens with one attached hydrogen (secondary N) is 1. The highest BCUT2D eigenvalue weighted by molar-refractivity contribution is 6.07. The minimum absolute atomic E-state index is 0.0469. The van der Waals surface area contributed by atoms with E-state index in [0.717, 1.165) is 5.56 Å². The number of primary amides is 1. The molecule has 1 unspecified atom stereocenters. The molecule has 178 valence electrons. The molecule has 0 aliphatic carbocycles. The molecule has 0 aliphatic heterocycles. The lowest BCUT2D eigenvalue weighted by atomic mass is 9.89. The molecule has 1 atom stereocenters. The number of benzene rings is 3. The first-order valence-electron chi connectivity index (χ1n) is 10.9. The molecule has 2 amide bonds. The number of amides is 2. The summed E-state index contributed by atoms with van der Waals surface area (Å²) in [7, 11) is 1.84. The molecule has 8 nitrogen and oxygen atoms in total. The van der Waals surface area contributed by atoms with E-state index in [2.05, 4.69) is 15.3 Å². The second-order valence-corrected chi connectivity index (χ2v) is 8.32. The molecule has 3 aromatic carbocycles. The van der Waals surface area contributed by atoms with Crippen molar-refractivity contribution in [3.05, 3.63) is 95.6 Å². The molecule has 5 N–H and O–H groups in total. The number of nitrogens with two attached hydrogens (primary N) is 2. The minimum Gasteiger partial charge on any atom is -0.366 e. The van der Waals surface area contributed by atoms with E-state index in [1.807, 2.05) is 31.0 Å². The van der Waals surface area contributed by atoms with Gasteiger partial charge in [-0.25, -0.2) is 14.4 Å². The summed E-state index contributed by atoms with van der Waals surface area (Å²) in [6, 6.07) is 18.1. The van der Waals surface area contributed by atoms with Gasteiger partial charge in [-0.2, -0.15) is 0 Å². The van der Waals surface area contributed by atoms with E-state index < -0.39 is 23.2 Å². The fourth-order valence-corrected chi connectivity index (χ4v) is 4.00. The maximum absolute atomic E-state index is 14.0. The van der Waals surface area contributed by atoms with Crippen LogP contribution in [0, 0.1) is 5.82 Å². The molecule has 9 heteroatoms. The maximum Gasteiger partial charge on any atom is 0.258 e. The monoisotopic (exact) mass is 472 g/mol. The molecule has 4 aromatic rings. The normalized spacial score (nSPS) is 12.7. The summed E-state index contributed by atoms with van der Waals surface area (Å²) in [5, 5.41) is 3.40. The lowest BCUT2D eigenvalue weighted by Crippen LogP contribution is -2.47. The largest absolute Gasteiger partial charge is 0.366 e. The van der Waals surface area contributed by atoms with Crippen LogP contribution in [0.15, 0.2) is 73.1 Å². The molecule has 0 aliphatic rings. The van der Waals surface area contributed by atoms with Crippen LogP contribution in [0.5, 0.6) is 0 Å². The number of carbonyl (C=O) groups excluding carboxylic acids is 2. The fraction of sp³-hybridized carbons (Fsp3) is 0.154. The van der Waals surface area contributed by atoms with Crippen molar-refractivity contribution < 1.29 is 14.0 Å². The summed E-state index contributed by atoms with van der Waals surface area (Å²) in [6.45, 7) is 2.14. The van der Waals surface area contributed by atoms with Gasteiger partial charge >= 0.3 is 0 Å². The number of nitrogens with zero attached hydrogens (tertiary/aromatic N) is 3. The van der Waals surface area contributed by atoms with E-state index in [9.17, 15) is 14.0 Å². The Morgan fingerprint density at radius 2 is 1.74 bits per heavy atom. The Hall–Kier alpha value is -4.37. The van der Waals surface area contributed by atoms with Gasteiger partial charge in [-0.1, -0.05) is 30.3 Å². The van der Waals surface area contributed by atoms with Gasteiger partial charge in [0.25, 0.3) is 11.8 Å². The van der Waals surface area contributed by atoms with E-state index in [4.69, 9.17) is 11.5 Å². The number of hydrogen-bond acceptors (Lipinski definition) is 6. The number of aromatic nitrogens is 2. The number of anilines is 2. The number of fused-ring (bicyclic) bond motifs is 1. The zero-order chi connectivity index (χ0) is 25.2. The van der Waals surface area contributed by atoms with Gasteiger partial charge < -0.3 is 21.7 Å². The lowest BCUT2D eigenvalue weighted by molar-refractivity contribution is 0.0998. The average molecular weight is 473 g/mol. The predicted molar refractivity (Wildman–Crippen MR) is 134 cm³/mol. The number of hydrogen-bond donors (Lipinski definition) is 3. The summed E-state index contributed by atoms with van der Waals surface area (Å²) in [5.74, 6) is -1.17. The van der Waals surface area contributed by atoms with Crippen molar-refractivity contribution in [1.29, 1.82) is 0 Å². The Balaban J connectivity index is 1.71. The zero-order valence-electron chi connectivity index (χ0n) is 19.3. The molecule has 0 spiro atoms. The van der Waals surface area contributed by atoms with Gasteiger partial charge in [-0.05, 0) is 48.9 Å². The third-order valence-corrected chi connectivity index (χ3v) is 6.23. The van der Waals surface area contributed by atoms with Crippen molar-refractivity contribution in [2.45, 2.75) is 12.5 Å². The van der Waals surface area contributed by atoms with Crippen molar-refractivity contribution in [2.24, 2.45) is 11.5 Å². The highest BCUT2D eigenvalue weighted by Gasteiger charge is 2.32. The Morgan fingerprint density at radius 1 is 1.03 bits per heavy atom. The number of halogens is 1. The van der Waals surface area contributed by atoms with Gasteiger partial charge in [0.1, 0.15) is 18.0 Å². The van der Waals surface area contributed by atoms with Crippen LogP contribution in [0.2, 0.25) is 0 Å². The maximum atomic E-state index is 14.0. The first kappa shape index (κ1) is 23.8. The summed E-state index contributed by atoms with van der Waals surface area (Å²) in [5.41, 5.74) is 13.0. The standard InChI is InChI=1S/C26H25FN6O2/c1-26(14-28,33(2)24-20-11-6-10-19(23(29)34)22(20)30-15-31-24)16-7-5-8-17(13-16)32-25(35)18-9-3-4-12-21(18)27/h3-13,15H,14,28H2,1-2H3,(H2,29,34)(H,32,35). The number of rotatable bonds is 7. The topological polar surface area (TPSA) is 127 Å². The van der Waals surface area contributed by atoms with E-state index in [0.29, 0.717) is 28.0 Å². The molecule has 1 aromatic heterocycles. The number of carbonyl (C=O) groups is 2. The first-order chi connectivity index (χ1) is 16.8. The summed E-state index contributed by atoms with van der Waals surface area (Å²) in [4.78, 5) is 35.1. The average Bonchev–Trinajstić information content (AvgIpc) is 2.87. The zero-order valence-corrected chi connectivity index (χ0v) is 19.3. The highest BCUT2D eigenvalue weighted by Crippen LogP contribution is 2.35. The van der Waals surface area contributed by atoms with Crippen LogP contribution in [0.3, 0.4) is 0 Å². The Morgan fingerprint density at radius 3 is 2.46 bits per heavy atom. The summed E-state index contributed by atoms with van der Waals surface area (Å²) < 4.78 is 14.0. The van der Waals surface area contributed by atoms with Crippen LogP contribution in [0.25, 0.3) is 10.9 Å². The van der Waals surface area contributed by atoms with Crippen molar-refractivity contribution in [2.75, 3.05) is 23.8 Å². The van der Waals surface area contributed by atoms with Gasteiger partial charge in [-0.15, -0.1) is 0 Å². The molecule has 0 bridgehead atoms. The Labute approximate surface area is 201 Å². The predicted octanol–water partition coefficient (Wildman–Crippen LogP) is 3.43. The smallest absolute Gasteiger partial charge is 0.258 e. The number of likely N-dealkylation sites (N-methyl/N-ethyl adjacent to an activating group) is 1. The Kier molecular flexibility index (Phi) is 6.44. The van der Waals surface area contributed by atoms with Gasteiger partial charge in [0.2, 0.25) is 0 Å². The Bertz CT molecular complexity index is 1430. The van der Waals surface area contributed by atoms with Crippen LogP contribution in [-0.4, -0.2) is 35.4 Å². The van der Waals surface area contributed by atoms with Crippen LogP contribution in [0.4, 0.5) is 15.9 Å². The molecule has 0 saturated heterocycles. The molecule has 1 heterocycles. The van der Waals surface area contributed by atoms with E-state index >= 15 is 0 Å². The van der Waals surface area contributed by atoms with Crippen LogP contribution in [0.1, 0.15) is 33.2 Å². The third-order valence-electron chi connectivity index (χ3n) is 6.23. The van der Waals surface area contributed by atoms with Gasteiger partial charge in [0, 0.05) is 24.7 Å². The third kappa shape index (κ3) is 4.41. The quantitative estimate of drug-likeness (QED) is 0.378. The molecule has 4 rings (SSSR count). The second kappa shape index (κ2) is 9.47. The van der Waals surface area contributed by atoms with Crippen LogP contribution >= 0.6 is 0 Å². The molecule has 0 fully saturated rings. The molecular weight excluding hydrogens is 447 g/mol. The lowest BCUT2D eigenvalue weighted by Gasteiger charge is -2.40. The number of para-hydroxylation sites is 1. The SMILES string of the molecule is CN(c1ncnc2c(C(N)=O)cccc12)C(C)(CN)c1cccc(NC(=O)c2ccccc2F)c1. The van der Waals surface area contributed by atoms with Gasteiger partial charge in [0.15, 0.2) is 0 Å². The molecule has 35 heavy (non-hydrogen) atoms. The van der Waals surface area contributed by atoms with Crippen molar-refractivity contribution in [1.82, 2.24) is 9.97 Å². The van der Waals surface area contributed by atoms with Gasteiger partial charge in [-0.3, -0.25) is 9.59 Å². The summed E-state index contributed by atoms with van der Waals surface area (Å²) >= 11 is 0. The fourth-order valence-electron chi connectivity index (χ4n) is 4.00. The molecule has 0 radical (unpaired) electrons. The molecule has 0 saturated carbocycles. The van der Waals surface area contributed by atoms with Crippen molar-refractivity contribution >= 4 is 34.2 Å². The van der Waals surface area contributed by atoms with Crippen molar-refractivity contribution in [3.63, 3.8) is 0 Å². The van der Waals surface area contributed by atoms with E-state index in [1.165, 1.54) is 24.5 Å². The van der Waals surface area contributed by atoms with Crippen molar-refractivity contribution in [3.8, 4) is 0 Å². The van der Waals surface area contributed by atoms with Crippen LogP contribution in [-0.2, 0) is 5.54 Å². The van der Waals surface area contributed by atoms with E-state index in [1.54, 1.807) is 36.4 Å². The second-order valence-electron chi connectivity index (χ2n) is 8.32. The van der Waals surface area contributed by atoms with Crippen LogP contribution < -0.4 is 21.7 Å². The molecular formula is C26H25FN6O2. The van der Waals surface area contributed by atoms with E-state index in [-0.39, 0.29) is 12.1 Å². The highest BCUT2D eigenvalue weighted by atomic mass is 19.1. The minimum atomic E-state index is -0.761. The van der Waals surface area contributed by atoms with Gasteiger partial charge in [0.05, 0.1) is 22.2 Å². The summed E-state index contributed by atoms with van der Waals surface area (Å²) in [6.07, 6.45) is 1.38.